The third kappa shape index (κ3) is 3.89. The van der Waals surface area contributed by atoms with Crippen molar-refractivity contribution in [3.63, 3.8) is 0 Å². The van der Waals surface area contributed by atoms with E-state index in [2.05, 4.69) is 26.1 Å². The van der Waals surface area contributed by atoms with Crippen LogP contribution in [0.1, 0.15) is 72.1 Å². The van der Waals surface area contributed by atoms with Crippen molar-refractivity contribution >= 4 is 17.8 Å². The van der Waals surface area contributed by atoms with E-state index < -0.39 is 11.6 Å². The Bertz CT molecular complexity index is 581. The van der Waals surface area contributed by atoms with E-state index in [1.54, 1.807) is 0 Å². The molecule has 2 atom stereocenters. The zero-order valence-corrected chi connectivity index (χ0v) is 16.5. The minimum Gasteiger partial charge on any atom is -0.341 e. The summed E-state index contributed by atoms with van der Waals surface area (Å²) in [5.74, 6) is 0.0612. The smallest absolute Gasteiger partial charge is 0.325 e. The summed E-state index contributed by atoms with van der Waals surface area (Å²) in [6, 6.07) is -0.403. The first-order chi connectivity index (χ1) is 12.2. The number of urea groups is 1. The van der Waals surface area contributed by atoms with Crippen LogP contribution in [0.15, 0.2) is 0 Å². The quantitative estimate of drug-likeness (QED) is 0.767. The minimum atomic E-state index is -0.825. The molecule has 6 nitrogen and oxygen atoms in total. The van der Waals surface area contributed by atoms with Gasteiger partial charge in [-0.25, -0.2) is 4.79 Å². The zero-order valence-electron chi connectivity index (χ0n) is 16.5. The fraction of sp³-hybridized carbons (Fsp3) is 0.850. The maximum atomic E-state index is 13.1. The van der Waals surface area contributed by atoms with Gasteiger partial charge in [0.05, 0.1) is 0 Å². The second-order valence-corrected chi connectivity index (χ2v) is 9.41. The molecule has 1 spiro atoms. The van der Waals surface area contributed by atoms with Crippen LogP contribution in [-0.4, -0.2) is 52.8 Å². The van der Waals surface area contributed by atoms with Crippen LogP contribution in [0.2, 0.25) is 0 Å². The van der Waals surface area contributed by atoms with Gasteiger partial charge in [-0.3, -0.25) is 14.5 Å². The molecule has 6 heteroatoms. The first kappa shape index (κ1) is 19.2. The van der Waals surface area contributed by atoms with E-state index in [-0.39, 0.29) is 23.8 Å². The molecule has 1 N–H and O–H groups in total. The molecule has 0 radical (unpaired) electrons. The highest BCUT2D eigenvalue weighted by atomic mass is 16.2. The molecular weight excluding hydrogens is 330 g/mol. The summed E-state index contributed by atoms with van der Waals surface area (Å²) >= 11 is 0. The molecule has 2 aliphatic heterocycles. The maximum absolute atomic E-state index is 13.1. The largest absolute Gasteiger partial charge is 0.341 e. The van der Waals surface area contributed by atoms with Gasteiger partial charge in [-0.1, -0.05) is 40.0 Å². The molecule has 3 aliphatic rings. The SMILES string of the molecule is C[C@@H]1CC(C)(C)C[C@@]2(C1)NC(=O)N(CC(=O)N1CCCCCCC1)C2=O. The molecule has 0 unspecified atom stereocenters. The van der Waals surface area contributed by atoms with Crippen LogP contribution < -0.4 is 5.32 Å². The Kier molecular flexibility index (Phi) is 5.31. The highest BCUT2D eigenvalue weighted by molar-refractivity contribution is 6.09. The van der Waals surface area contributed by atoms with Crippen LogP contribution in [0.25, 0.3) is 0 Å². The summed E-state index contributed by atoms with van der Waals surface area (Å²) in [7, 11) is 0. The third-order valence-corrected chi connectivity index (χ3v) is 6.13. The summed E-state index contributed by atoms with van der Waals surface area (Å²) in [6.07, 6.45) is 7.86. The Morgan fingerprint density at radius 2 is 1.69 bits per heavy atom. The van der Waals surface area contributed by atoms with E-state index in [1.807, 2.05) is 4.90 Å². The number of rotatable bonds is 2. The second kappa shape index (κ2) is 7.20. The average Bonchev–Trinajstić information content (AvgIpc) is 2.68. The molecule has 2 heterocycles. The molecule has 3 fully saturated rings. The van der Waals surface area contributed by atoms with Gasteiger partial charge in [-0.2, -0.15) is 0 Å². The van der Waals surface area contributed by atoms with Crippen LogP contribution in [0.4, 0.5) is 4.79 Å². The Balaban J connectivity index is 1.70. The molecule has 0 bridgehead atoms. The van der Waals surface area contributed by atoms with Crippen LogP contribution in [0.3, 0.4) is 0 Å². The molecule has 0 aromatic carbocycles. The van der Waals surface area contributed by atoms with Crippen molar-refractivity contribution in [3.05, 3.63) is 0 Å². The van der Waals surface area contributed by atoms with Gasteiger partial charge in [0, 0.05) is 13.1 Å². The minimum absolute atomic E-state index is 0.00363. The van der Waals surface area contributed by atoms with Gasteiger partial charge in [0.25, 0.3) is 5.91 Å². The van der Waals surface area contributed by atoms with Crippen LogP contribution in [0.5, 0.6) is 0 Å². The molecule has 1 aliphatic carbocycles. The van der Waals surface area contributed by atoms with Crippen molar-refractivity contribution < 1.29 is 14.4 Å². The fourth-order valence-electron chi connectivity index (χ4n) is 5.38. The molecule has 0 aromatic rings. The molecule has 1 saturated carbocycles. The number of nitrogens with zero attached hydrogens (tertiary/aromatic N) is 2. The zero-order chi connectivity index (χ0) is 18.9. The van der Waals surface area contributed by atoms with Crippen molar-refractivity contribution in [2.45, 2.75) is 77.7 Å². The first-order valence-corrected chi connectivity index (χ1v) is 10.1. The molecule has 4 amide bonds. The molecule has 3 rings (SSSR count). The summed E-state index contributed by atoms with van der Waals surface area (Å²) in [5.41, 5.74) is -0.821. The first-order valence-electron chi connectivity index (χ1n) is 10.1. The number of imide groups is 1. The van der Waals surface area contributed by atoms with Crippen LogP contribution >= 0.6 is 0 Å². The number of carbonyl (C=O) groups excluding carboxylic acids is 3. The number of likely N-dealkylation sites (tertiary alicyclic amines) is 1. The van der Waals surface area contributed by atoms with Gasteiger partial charge in [0.1, 0.15) is 12.1 Å². The van der Waals surface area contributed by atoms with Gasteiger partial charge in [0.2, 0.25) is 5.91 Å². The highest BCUT2D eigenvalue weighted by Crippen LogP contribution is 2.46. The predicted octanol–water partition coefficient (Wildman–Crippen LogP) is 2.92. The number of carbonyl (C=O) groups is 3. The summed E-state index contributed by atoms with van der Waals surface area (Å²) in [5, 5.41) is 2.95. The highest BCUT2D eigenvalue weighted by Gasteiger charge is 2.56. The number of amides is 4. The molecular formula is C20H33N3O3. The Morgan fingerprint density at radius 1 is 1.08 bits per heavy atom. The van der Waals surface area contributed by atoms with Crippen molar-refractivity contribution in [2.24, 2.45) is 11.3 Å². The fourth-order valence-corrected chi connectivity index (χ4v) is 5.38. The Morgan fingerprint density at radius 3 is 2.31 bits per heavy atom. The van der Waals surface area contributed by atoms with E-state index in [0.29, 0.717) is 18.8 Å². The Hall–Kier alpha value is -1.59. The maximum Gasteiger partial charge on any atom is 0.325 e. The van der Waals surface area contributed by atoms with Gasteiger partial charge in [0.15, 0.2) is 0 Å². The Labute approximate surface area is 156 Å². The number of hydrogen-bond acceptors (Lipinski definition) is 3. The normalized spacial score (nSPS) is 32.3. The lowest BCUT2D eigenvalue weighted by atomic mass is 9.64. The predicted molar refractivity (Wildman–Crippen MR) is 99.4 cm³/mol. The molecule has 26 heavy (non-hydrogen) atoms. The third-order valence-electron chi connectivity index (χ3n) is 6.13. The summed E-state index contributed by atoms with van der Waals surface area (Å²) in [6.45, 7) is 7.78. The number of hydrogen-bond donors (Lipinski definition) is 1. The van der Waals surface area contributed by atoms with Crippen LogP contribution in [-0.2, 0) is 9.59 Å². The molecule has 2 saturated heterocycles. The monoisotopic (exact) mass is 363 g/mol. The summed E-state index contributed by atoms with van der Waals surface area (Å²) < 4.78 is 0. The molecule has 146 valence electrons. The van der Waals surface area contributed by atoms with Gasteiger partial charge >= 0.3 is 6.03 Å². The van der Waals surface area contributed by atoms with Gasteiger partial charge in [-0.15, -0.1) is 0 Å². The van der Waals surface area contributed by atoms with E-state index in [9.17, 15) is 14.4 Å². The van der Waals surface area contributed by atoms with Crippen LogP contribution in [0, 0.1) is 11.3 Å². The van der Waals surface area contributed by atoms with Crippen molar-refractivity contribution in [1.82, 2.24) is 15.1 Å². The van der Waals surface area contributed by atoms with Gasteiger partial charge < -0.3 is 10.2 Å². The van der Waals surface area contributed by atoms with E-state index in [4.69, 9.17) is 0 Å². The number of nitrogens with one attached hydrogen (secondary N) is 1. The van der Waals surface area contributed by atoms with Crippen molar-refractivity contribution in [3.8, 4) is 0 Å². The van der Waals surface area contributed by atoms with E-state index >= 15 is 0 Å². The lowest BCUT2D eigenvalue weighted by Crippen LogP contribution is -2.54. The second-order valence-electron chi connectivity index (χ2n) is 9.41. The summed E-state index contributed by atoms with van der Waals surface area (Å²) in [4.78, 5) is 41.4. The van der Waals surface area contributed by atoms with Crippen molar-refractivity contribution in [1.29, 1.82) is 0 Å². The standard InChI is InChI=1S/C20H33N3O3/c1-15-11-19(2,3)14-20(12-15)17(25)23(18(26)21-20)13-16(24)22-9-7-5-4-6-8-10-22/h15H,4-14H2,1-3H3,(H,21,26)/t15-,20-/m1/s1. The van der Waals surface area contributed by atoms with E-state index in [1.165, 1.54) is 6.42 Å². The lowest BCUT2D eigenvalue weighted by molar-refractivity contribution is -0.141. The average molecular weight is 364 g/mol. The van der Waals surface area contributed by atoms with Gasteiger partial charge in [-0.05, 0) is 43.4 Å². The lowest BCUT2D eigenvalue weighted by Gasteiger charge is -2.43. The topological polar surface area (TPSA) is 69.7 Å². The molecule has 0 aromatic heterocycles. The van der Waals surface area contributed by atoms with Crippen molar-refractivity contribution in [2.75, 3.05) is 19.6 Å². The van der Waals surface area contributed by atoms with E-state index in [0.717, 1.165) is 50.1 Å².